The van der Waals surface area contributed by atoms with E-state index in [2.05, 4.69) is 44.7 Å². The van der Waals surface area contributed by atoms with E-state index in [0.29, 0.717) is 48.8 Å². The maximum atomic E-state index is 17.0. The predicted octanol–water partition coefficient (Wildman–Crippen LogP) is 8.39. The second-order valence-electron chi connectivity index (χ2n) is 17.3. The van der Waals surface area contributed by atoms with Crippen LogP contribution in [0, 0.1) is 17.7 Å². The van der Waals surface area contributed by atoms with Crippen molar-refractivity contribution in [3.63, 3.8) is 0 Å². The molecule has 4 aliphatic rings. The lowest BCUT2D eigenvalue weighted by atomic mass is 9.58. The summed E-state index contributed by atoms with van der Waals surface area (Å²) in [5.74, 6) is -2.12. The van der Waals surface area contributed by atoms with Gasteiger partial charge in [0.1, 0.15) is 22.9 Å². The first kappa shape index (κ1) is 39.6. The van der Waals surface area contributed by atoms with Gasteiger partial charge in [-0.25, -0.2) is 4.39 Å². The van der Waals surface area contributed by atoms with Gasteiger partial charge in [-0.1, -0.05) is 54.4 Å². The average molecular weight is 754 g/mol. The van der Waals surface area contributed by atoms with Gasteiger partial charge < -0.3 is 23.5 Å². The van der Waals surface area contributed by atoms with Gasteiger partial charge in [0.15, 0.2) is 25.5 Å². The number of carbonyl (C=O) groups excluding carboxylic acids is 2. The van der Waals surface area contributed by atoms with Crippen molar-refractivity contribution in [1.82, 2.24) is 15.0 Å². The highest BCUT2D eigenvalue weighted by Gasteiger charge is 2.67. The molecule has 0 saturated heterocycles. The first-order valence-electron chi connectivity index (χ1n) is 19.8. The first-order chi connectivity index (χ1) is 25.0. The minimum Gasteiger partial charge on any atom is -0.508 e. The Morgan fingerprint density at radius 3 is 2.32 bits per heavy atom. The van der Waals surface area contributed by atoms with Crippen LogP contribution in [-0.2, 0) is 23.8 Å². The molecule has 2 heterocycles. The van der Waals surface area contributed by atoms with E-state index in [4.69, 9.17) is 18.4 Å². The molecule has 4 atom stereocenters. The van der Waals surface area contributed by atoms with Crippen LogP contribution in [0.15, 0.2) is 15.9 Å². The van der Waals surface area contributed by atoms with Crippen LogP contribution < -0.4 is 9.47 Å². The van der Waals surface area contributed by atoms with E-state index in [1.807, 2.05) is 39.0 Å². The summed E-state index contributed by atoms with van der Waals surface area (Å²) in [5.41, 5.74) is 0.206. The summed E-state index contributed by atoms with van der Waals surface area (Å²) >= 11 is 0. The number of unbranched alkanes of at least 4 members (excludes halogenated alkanes) is 2. The van der Waals surface area contributed by atoms with E-state index in [9.17, 15) is 5.11 Å². The molecule has 1 aromatic heterocycles. The van der Waals surface area contributed by atoms with Crippen LogP contribution in [0.25, 0.3) is 0 Å². The Kier molecular flexibility index (Phi) is 11.1. The number of aliphatic hydroxyl groups excluding tert-OH is 1. The molecule has 1 aromatic carbocycles. The van der Waals surface area contributed by atoms with Gasteiger partial charge in [0.05, 0.1) is 24.8 Å². The number of hydrogen-bond acceptors (Lipinski definition) is 10. The number of allylic oxidation sites excluding steroid dienone is 1. The summed E-state index contributed by atoms with van der Waals surface area (Å²) in [6.45, 7) is 19.4. The minimum absolute atomic E-state index is 0.0691. The molecule has 1 aliphatic heterocycles. The smallest absolute Gasteiger partial charge is 0.265 e. The highest BCUT2D eigenvalue weighted by molar-refractivity contribution is 6.74. The van der Waals surface area contributed by atoms with Gasteiger partial charge in [0.25, 0.3) is 5.88 Å². The molecule has 2 aromatic rings. The van der Waals surface area contributed by atoms with Crippen molar-refractivity contribution in [3.05, 3.63) is 50.7 Å². The molecule has 0 spiro atoms. The Labute approximate surface area is 315 Å². The summed E-state index contributed by atoms with van der Waals surface area (Å²) in [6, 6.07) is -0.562. The molecule has 0 fully saturated rings. The molecule has 1 N–H and O–H groups in total. The van der Waals surface area contributed by atoms with Crippen LogP contribution >= 0.6 is 0 Å². The first-order valence-corrected chi connectivity index (χ1v) is 22.7. The molecule has 6 rings (SSSR count). The fourth-order valence-electron chi connectivity index (χ4n) is 8.71. The molecular weight excluding hydrogens is 694 g/mol. The van der Waals surface area contributed by atoms with E-state index in [1.54, 1.807) is 0 Å². The van der Waals surface area contributed by atoms with Gasteiger partial charge in [-0.05, 0) is 88.4 Å². The van der Waals surface area contributed by atoms with Crippen LogP contribution in [0.1, 0.15) is 129 Å². The number of halogens is 1. The molecule has 0 saturated carbocycles. The molecule has 3 aliphatic carbocycles. The highest BCUT2D eigenvalue weighted by Crippen LogP contribution is 2.60. The number of aliphatic hydroxyl groups is 1. The number of ether oxygens (including phenoxy) is 2. The summed E-state index contributed by atoms with van der Waals surface area (Å²) in [5, 5.41) is 16.8. The molecule has 0 amide bonds. The zero-order valence-corrected chi connectivity index (χ0v) is 34.5. The third-order valence-electron chi connectivity index (χ3n) is 12.5. The number of nitrogens with zero attached hydrogens (tertiary/aromatic N) is 3. The van der Waals surface area contributed by atoms with E-state index in [1.165, 1.54) is 0 Å². The number of aromatic nitrogens is 1. The molecule has 53 heavy (non-hydrogen) atoms. The molecular formula is C41H60FN3O7Si. The molecule has 0 unspecified atom stereocenters. The molecule has 292 valence electrons. The predicted molar refractivity (Wildman–Crippen MR) is 204 cm³/mol. The Balaban J connectivity index is 1.60. The van der Waals surface area contributed by atoms with Crippen molar-refractivity contribution >= 4 is 19.9 Å². The van der Waals surface area contributed by atoms with Gasteiger partial charge in [-0.2, -0.15) is 0 Å². The zero-order valence-electron chi connectivity index (χ0n) is 33.5. The number of hydrogen-bond donors (Lipinski definition) is 1. The monoisotopic (exact) mass is 753 g/mol. The Morgan fingerprint density at radius 2 is 1.70 bits per heavy atom. The third kappa shape index (κ3) is 6.49. The molecule has 12 heteroatoms. The summed E-state index contributed by atoms with van der Waals surface area (Å²) in [6.07, 6.45) is 5.31. The van der Waals surface area contributed by atoms with Gasteiger partial charge in [-0.15, -0.1) is 0 Å². The number of rotatable bonds is 13. The molecule has 0 radical (unpaired) electrons. The number of ketones is 2. The Morgan fingerprint density at radius 1 is 1.02 bits per heavy atom. The topological polar surface area (TPSA) is 115 Å². The van der Waals surface area contributed by atoms with E-state index in [0.717, 1.165) is 50.8 Å². The van der Waals surface area contributed by atoms with Crippen LogP contribution in [0.5, 0.6) is 11.6 Å². The maximum absolute atomic E-state index is 17.0. The second kappa shape index (κ2) is 14.9. The fraction of sp³-hybridized carbons (Fsp3) is 0.683. The molecule has 10 nitrogen and oxygen atoms in total. The summed E-state index contributed by atoms with van der Waals surface area (Å²) in [7, 11) is 0.933. The van der Waals surface area contributed by atoms with Crippen molar-refractivity contribution in [2.24, 2.45) is 11.8 Å². The number of fused-ring (bicyclic) bond motifs is 5. The average Bonchev–Trinajstić information content (AvgIpc) is 3.50. The van der Waals surface area contributed by atoms with Gasteiger partial charge >= 0.3 is 0 Å². The largest absolute Gasteiger partial charge is 0.508 e. The lowest BCUT2D eigenvalue weighted by Gasteiger charge is -2.55. The van der Waals surface area contributed by atoms with Crippen LogP contribution in [-0.4, -0.2) is 85.9 Å². The van der Waals surface area contributed by atoms with Crippen LogP contribution in [0.4, 0.5) is 4.39 Å². The van der Waals surface area contributed by atoms with Crippen LogP contribution in [0.3, 0.4) is 0 Å². The van der Waals surface area contributed by atoms with Gasteiger partial charge in [0.2, 0.25) is 5.78 Å². The Bertz CT molecular complexity index is 1780. The third-order valence-corrected chi connectivity index (χ3v) is 16.9. The van der Waals surface area contributed by atoms with E-state index < -0.39 is 43.4 Å². The second-order valence-corrected chi connectivity index (χ2v) is 22.0. The van der Waals surface area contributed by atoms with Gasteiger partial charge in [-0.3, -0.25) is 19.4 Å². The number of Topliss-reactive ketones (excluding diaryl/α,β-unsaturated/α-hetero) is 2. The van der Waals surface area contributed by atoms with Crippen molar-refractivity contribution in [1.29, 1.82) is 0 Å². The van der Waals surface area contributed by atoms with Crippen molar-refractivity contribution in [2.75, 3.05) is 40.4 Å². The normalized spacial score (nSPS) is 24.5. The van der Waals surface area contributed by atoms with Crippen molar-refractivity contribution < 1.29 is 37.5 Å². The zero-order chi connectivity index (χ0) is 38.6. The van der Waals surface area contributed by atoms with E-state index in [-0.39, 0.29) is 52.0 Å². The maximum Gasteiger partial charge on any atom is 0.265 e. The standard InChI is InChI=1S/C41H60FN3O7Si/c1-11-14-19-49-35-25-16-18-45(17-13-3)23-27(25)32(42)26-21-24-22-28-33(44(7)8)36-31(39(43-51-36)50-20-15-12-2)38(48)41(28,52-53(9,10)40(4,5)6)37(47)29(24)34(46)30(26)35/h24,28,33,47H,11-23H2,1-10H3/t24-,28-,33-,41-/m0/s1. The Hall–Kier alpha value is -3.06. The number of carbonyl (C=O) groups is 2. The highest BCUT2D eigenvalue weighted by atomic mass is 28.4. The van der Waals surface area contributed by atoms with Crippen molar-refractivity contribution in [3.8, 4) is 11.6 Å². The van der Waals surface area contributed by atoms with E-state index >= 15 is 14.0 Å². The SMILES string of the molecule is CCCCOc1noc2c1C(=O)[C@@]1(O[Si](C)(C)C(C)(C)C)C(O)=C3C(=O)c4c(c(F)c5c(c4OCCCC)CCN(CCC)C5)C[C@H]3C[C@H]1[C@@H]2N(C)C. The molecule has 0 bridgehead atoms. The fourth-order valence-corrected chi connectivity index (χ4v) is 10.2. The van der Waals surface area contributed by atoms with Gasteiger partial charge in [0, 0.05) is 41.3 Å². The van der Waals surface area contributed by atoms with Crippen molar-refractivity contribution in [2.45, 2.75) is 129 Å². The quantitative estimate of drug-likeness (QED) is 0.158. The lowest BCUT2D eigenvalue weighted by Crippen LogP contribution is -2.65. The number of benzene rings is 1. The minimum atomic E-state index is -2.86. The van der Waals surface area contributed by atoms with Crippen LogP contribution in [0.2, 0.25) is 18.1 Å². The lowest BCUT2D eigenvalue weighted by molar-refractivity contribution is -0.0481. The summed E-state index contributed by atoms with van der Waals surface area (Å²) in [4.78, 5) is 34.7. The summed E-state index contributed by atoms with van der Waals surface area (Å²) < 4.78 is 42.7.